The van der Waals surface area contributed by atoms with Crippen LogP contribution in [0.5, 0.6) is 0 Å². The van der Waals surface area contributed by atoms with Crippen LogP contribution >= 0.6 is 0 Å². The lowest BCUT2D eigenvalue weighted by Crippen LogP contribution is -2.26. The summed E-state index contributed by atoms with van der Waals surface area (Å²) in [5.41, 5.74) is 5.35. The van der Waals surface area contributed by atoms with Gasteiger partial charge in [0.2, 0.25) is 0 Å². The molecule has 5 aromatic carbocycles. The van der Waals surface area contributed by atoms with Gasteiger partial charge in [-0.3, -0.25) is 9.79 Å². The number of fused-ring (bicyclic) bond motifs is 2. The maximum absolute atomic E-state index is 15.6. The summed E-state index contributed by atoms with van der Waals surface area (Å²) >= 11 is 0. The summed E-state index contributed by atoms with van der Waals surface area (Å²) in [6.07, 6.45) is 1.65. The number of hydrogen-bond donors (Lipinski definition) is 2. The van der Waals surface area contributed by atoms with Crippen molar-refractivity contribution in [3.63, 3.8) is 0 Å². The number of carboxylic acid groups (broad SMARTS) is 1. The quantitative estimate of drug-likeness (QED) is 0.213. The third-order valence-corrected chi connectivity index (χ3v) is 7.85. The Morgan fingerprint density at radius 2 is 1.62 bits per heavy atom. The number of hydrogen-bond acceptors (Lipinski definition) is 3. The van der Waals surface area contributed by atoms with Crippen molar-refractivity contribution in [2.75, 3.05) is 0 Å². The predicted octanol–water partition coefficient (Wildman–Crippen LogP) is 8.10. The monoisotopic (exact) mass is 556 g/mol. The topological polar surface area (TPSA) is 78.8 Å². The minimum Gasteiger partial charge on any atom is -0.478 e. The van der Waals surface area contributed by atoms with Crippen LogP contribution in [0.2, 0.25) is 0 Å². The van der Waals surface area contributed by atoms with Crippen molar-refractivity contribution < 1.29 is 19.1 Å². The number of nitrogens with one attached hydrogen (secondary N) is 1. The molecule has 0 aliphatic carbocycles. The highest BCUT2D eigenvalue weighted by molar-refractivity contribution is 5.98. The summed E-state index contributed by atoms with van der Waals surface area (Å²) in [6, 6.07) is 31.2. The SMILES string of the molecule is C[C@H](NC(=O)c1ccc2c(c1)CCC(Cc1cccc(-c3ccccc3C(=O)O)c1F)=N2)c1ccc2ccccc2c1. The molecule has 1 heterocycles. The first-order chi connectivity index (χ1) is 20.4. The van der Waals surface area contributed by atoms with E-state index in [-0.39, 0.29) is 23.1 Å². The third kappa shape index (κ3) is 5.44. The van der Waals surface area contributed by atoms with Gasteiger partial charge < -0.3 is 10.4 Å². The van der Waals surface area contributed by atoms with E-state index >= 15 is 4.39 Å². The van der Waals surface area contributed by atoms with Gasteiger partial charge in [-0.15, -0.1) is 0 Å². The molecule has 5 aromatic rings. The maximum atomic E-state index is 15.6. The summed E-state index contributed by atoms with van der Waals surface area (Å²) in [5.74, 6) is -1.68. The van der Waals surface area contributed by atoms with Crippen molar-refractivity contribution in [3.05, 3.63) is 137 Å². The standard InChI is InChI=1S/C36H29FN2O3/c1-22(24-14-13-23-7-2-3-8-25(23)19-24)38-35(40)28-16-18-33-26(20-28)15-17-29(39-33)21-27-9-6-12-31(34(27)37)30-10-4-5-11-32(30)36(41)42/h2-14,16,18-20,22H,15,17,21H2,1H3,(H,38,40)(H,41,42)/t22-/m0/s1. The number of aliphatic imine (C=N–C) groups is 1. The maximum Gasteiger partial charge on any atom is 0.336 e. The van der Waals surface area contributed by atoms with Crippen LogP contribution in [-0.4, -0.2) is 22.7 Å². The van der Waals surface area contributed by atoms with E-state index in [0.29, 0.717) is 36.0 Å². The van der Waals surface area contributed by atoms with Gasteiger partial charge in [0.1, 0.15) is 5.82 Å². The molecule has 0 unspecified atom stereocenters. The van der Waals surface area contributed by atoms with Crippen LogP contribution in [0.1, 0.15) is 56.8 Å². The van der Waals surface area contributed by atoms with Gasteiger partial charge in [0.25, 0.3) is 5.91 Å². The lowest BCUT2D eigenvalue weighted by atomic mass is 9.93. The second kappa shape index (κ2) is 11.4. The molecule has 6 heteroatoms. The number of halogens is 1. The first kappa shape index (κ1) is 27.1. The molecule has 42 heavy (non-hydrogen) atoms. The van der Waals surface area contributed by atoms with Crippen molar-refractivity contribution in [1.82, 2.24) is 5.32 Å². The largest absolute Gasteiger partial charge is 0.478 e. The molecule has 0 aromatic heterocycles. The molecule has 5 nitrogen and oxygen atoms in total. The number of rotatable bonds is 7. The molecule has 2 N–H and O–H groups in total. The Balaban J connectivity index is 1.18. The van der Waals surface area contributed by atoms with Crippen molar-refractivity contribution in [2.45, 2.75) is 32.2 Å². The van der Waals surface area contributed by atoms with E-state index in [2.05, 4.69) is 29.6 Å². The van der Waals surface area contributed by atoms with Crippen LogP contribution in [-0.2, 0) is 12.8 Å². The molecule has 0 saturated carbocycles. The molecular weight excluding hydrogens is 527 g/mol. The molecule has 0 radical (unpaired) electrons. The van der Waals surface area contributed by atoms with Gasteiger partial charge in [-0.2, -0.15) is 0 Å². The fourth-order valence-corrected chi connectivity index (χ4v) is 5.56. The Morgan fingerprint density at radius 1 is 0.857 bits per heavy atom. The summed E-state index contributed by atoms with van der Waals surface area (Å²) in [6.45, 7) is 1.98. The van der Waals surface area contributed by atoms with Gasteiger partial charge in [-0.1, -0.05) is 72.8 Å². The van der Waals surface area contributed by atoms with Gasteiger partial charge in [-0.05, 0) is 83.1 Å². The average Bonchev–Trinajstić information content (AvgIpc) is 3.01. The second-order valence-electron chi connectivity index (χ2n) is 10.6. The molecule has 0 bridgehead atoms. The van der Waals surface area contributed by atoms with E-state index in [0.717, 1.165) is 33.3 Å². The first-order valence-electron chi connectivity index (χ1n) is 14.0. The van der Waals surface area contributed by atoms with E-state index in [1.54, 1.807) is 42.5 Å². The van der Waals surface area contributed by atoms with Crippen molar-refractivity contribution in [3.8, 4) is 11.1 Å². The highest BCUT2D eigenvalue weighted by Crippen LogP contribution is 2.31. The lowest BCUT2D eigenvalue weighted by molar-refractivity contribution is 0.0697. The van der Waals surface area contributed by atoms with Gasteiger partial charge in [0.15, 0.2) is 0 Å². The smallest absolute Gasteiger partial charge is 0.336 e. The lowest BCUT2D eigenvalue weighted by Gasteiger charge is -2.19. The molecule has 0 fully saturated rings. The minimum atomic E-state index is -1.10. The molecular formula is C36H29FN2O3. The van der Waals surface area contributed by atoms with E-state index in [1.807, 2.05) is 37.3 Å². The van der Waals surface area contributed by atoms with Crippen molar-refractivity contribution in [2.24, 2.45) is 4.99 Å². The molecule has 6 rings (SSSR count). The van der Waals surface area contributed by atoms with Gasteiger partial charge in [0, 0.05) is 23.3 Å². The number of aryl methyl sites for hydroxylation is 1. The Kier molecular flexibility index (Phi) is 7.36. The summed E-state index contributed by atoms with van der Waals surface area (Å²) in [7, 11) is 0. The van der Waals surface area contributed by atoms with Crippen molar-refractivity contribution >= 4 is 34.0 Å². The van der Waals surface area contributed by atoms with Crippen LogP contribution in [0, 0.1) is 5.82 Å². The average molecular weight is 557 g/mol. The zero-order valence-electron chi connectivity index (χ0n) is 23.1. The first-order valence-corrected chi connectivity index (χ1v) is 14.0. The summed E-state index contributed by atoms with van der Waals surface area (Å²) < 4.78 is 15.6. The highest BCUT2D eigenvalue weighted by atomic mass is 19.1. The van der Waals surface area contributed by atoms with Crippen LogP contribution in [0.25, 0.3) is 21.9 Å². The molecule has 1 atom stereocenters. The molecule has 1 amide bonds. The van der Waals surface area contributed by atoms with E-state index < -0.39 is 11.8 Å². The van der Waals surface area contributed by atoms with Gasteiger partial charge in [-0.25, -0.2) is 9.18 Å². The number of carbonyl (C=O) groups is 2. The minimum absolute atomic E-state index is 0.0592. The molecule has 208 valence electrons. The fourth-order valence-electron chi connectivity index (χ4n) is 5.56. The van der Waals surface area contributed by atoms with Crippen molar-refractivity contribution in [1.29, 1.82) is 0 Å². The third-order valence-electron chi connectivity index (χ3n) is 7.85. The van der Waals surface area contributed by atoms with Gasteiger partial charge in [0.05, 0.1) is 17.3 Å². The summed E-state index contributed by atoms with van der Waals surface area (Å²) in [5, 5.41) is 15.0. The Morgan fingerprint density at radius 3 is 2.45 bits per heavy atom. The van der Waals surface area contributed by atoms with E-state index in [9.17, 15) is 14.7 Å². The normalized spacial score (nSPS) is 13.2. The Hall–Kier alpha value is -5.10. The zero-order chi connectivity index (χ0) is 29.2. The molecule has 1 aliphatic heterocycles. The fraction of sp³-hybridized carbons (Fsp3) is 0.139. The molecule has 1 aliphatic rings. The summed E-state index contributed by atoms with van der Waals surface area (Å²) in [4.78, 5) is 29.6. The van der Waals surface area contributed by atoms with E-state index in [4.69, 9.17) is 4.99 Å². The highest BCUT2D eigenvalue weighted by Gasteiger charge is 2.20. The molecule has 0 spiro atoms. The molecule has 0 saturated heterocycles. The number of amides is 1. The number of carboxylic acids is 1. The van der Waals surface area contributed by atoms with Crippen LogP contribution in [0.4, 0.5) is 10.1 Å². The second-order valence-corrected chi connectivity index (χ2v) is 10.6. The van der Waals surface area contributed by atoms with E-state index in [1.165, 1.54) is 6.07 Å². The zero-order valence-corrected chi connectivity index (χ0v) is 23.1. The Bertz CT molecular complexity index is 1880. The number of aromatic carboxylic acids is 1. The van der Waals surface area contributed by atoms with Crippen LogP contribution < -0.4 is 5.32 Å². The van der Waals surface area contributed by atoms with Crippen LogP contribution in [0.3, 0.4) is 0 Å². The Labute approximate surface area is 243 Å². The number of benzene rings is 5. The number of nitrogens with zero attached hydrogens (tertiary/aromatic N) is 1. The predicted molar refractivity (Wildman–Crippen MR) is 164 cm³/mol. The number of carbonyl (C=O) groups excluding carboxylic acids is 1. The van der Waals surface area contributed by atoms with Gasteiger partial charge >= 0.3 is 5.97 Å². The van der Waals surface area contributed by atoms with Crippen LogP contribution in [0.15, 0.2) is 108 Å².